The molecular formula is C11H10F3N3O. The maximum Gasteiger partial charge on any atom is 0.417 e. The Kier molecular flexibility index (Phi) is 3.81. The summed E-state index contributed by atoms with van der Waals surface area (Å²) >= 11 is 0. The van der Waals surface area contributed by atoms with Gasteiger partial charge in [-0.3, -0.25) is 4.79 Å². The van der Waals surface area contributed by atoms with Crippen LogP contribution in [0.25, 0.3) is 0 Å². The number of primary amides is 1. The molecule has 0 saturated heterocycles. The number of nitrogens with two attached hydrogens (primary N) is 1. The number of amides is 1. The van der Waals surface area contributed by atoms with Crippen LogP contribution in [-0.4, -0.2) is 19.5 Å². The van der Waals surface area contributed by atoms with Crippen molar-refractivity contribution in [1.29, 1.82) is 5.26 Å². The van der Waals surface area contributed by atoms with Gasteiger partial charge in [0.2, 0.25) is 5.91 Å². The van der Waals surface area contributed by atoms with E-state index in [1.54, 1.807) is 0 Å². The average molecular weight is 257 g/mol. The molecule has 0 aliphatic heterocycles. The van der Waals surface area contributed by atoms with Gasteiger partial charge in [-0.25, -0.2) is 0 Å². The monoisotopic (exact) mass is 257 g/mol. The lowest BCUT2D eigenvalue weighted by atomic mass is 10.1. The van der Waals surface area contributed by atoms with E-state index in [4.69, 9.17) is 11.0 Å². The predicted molar refractivity (Wildman–Crippen MR) is 58.6 cm³/mol. The van der Waals surface area contributed by atoms with Crippen molar-refractivity contribution < 1.29 is 18.0 Å². The number of likely N-dealkylation sites (N-methyl/N-ethyl adjacent to an activating group) is 1. The van der Waals surface area contributed by atoms with Crippen LogP contribution in [0.5, 0.6) is 0 Å². The van der Waals surface area contributed by atoms with Crippen LogP contribution in [0.2, 0.25) is 0 Å². The third kappa shape index (κ3) is 3.13. The van der Waals surface area contributed by atoms with Crippen molar-refractivity contribution in [2.45, 2.75) is 6.18 Å². The molecule has 18 heavy (non-hydrogen) atoms. The summed E-state index contributed by atoms with van der Waals surface area (Å²) in [5.41, 5.74) is 3.80. The molecule has 96 valence electrons. The minimum atomic E-state index is -4.58. The number of alkyl halides is 3. The van der Waals surface area contributed by atoms with Gasteiger partial charge in [-0.15, -0.1) is 0 Å². The van der Waals surface area contributed by atoms with Gasteiger partial charge in [0.05, 0.1) is 23.7 Å². The number of nitriles is 1. The standard InChI is InChI=1S/C11H10F3N3O/c1-17(6-10(16)18)8-2-3-9(11(12,13)14)7(4-8)5-15/h2-4H,6H2,1H3,(H2,16,18). The van der Waals surface area contributed by atoms with Crippen molar-refractivity contribution in [3.63, 3.8) is 0 Å². The molecule has 7 heteroatoms. The first-order valence-electron chi connectivity index (χ1n) is 4.86. The Balaban J connectivity index is 3.15. The van der Waals surface area contributed by atoms with Gasteiger partial charge in [0.1, 0.15) is 0 Å². The van der Waals surface area contributed by atoms with E-state index < -0.39 is 23.2 Å². The zero-order valence-electron chi connectivity index (χ0n) is 9.45. The number of hydrogen-bond donors (Lipinski definition) is 1. The second kappa shape index (κ2) is 4.96. The maximum atomic E-state index is 12.5. The summed E-state index contributed by atoms with van der Waals surface area (Å²) in [6, 6.07) is 4.56. The van der Waals surface area contributed by atoms with Gasteiger partial charge in [0.15, 0.2) is 0 Å². The molecule has 0 radical (unpaired) electrons. The van der Waals surface area contributed by atoms with Gasteiger partial charge >= 0.3 is 6.18 Å². The maximum absolute atomic E-state index is 12.5. The number of hydrogen-bond acceptors (Lipinski definition) is 3. The van der Waals surface area contributed by atoms with E-state index >= 15 is 0 Å². The fraction of sp³-hybridized carbons (Fsp3) is 0.273. The van der Waals surface area contributed by atoms with Gasteiger partial charge in [-0.1, -0.05) is 0 Å². The van der Waals surface area contributed by atoms with E-state index in [0.717, 1.165) is 12.1 Å². The second-order valence-electron chi connectivity index (χ2n) is 3.66. The molecule has 0 spiro atoms. The van der Waals surface area contributed by atoms with E-state index in [0.29, 0.717) is 5.69 Å². The number of nitrogens with zero attached hydrogens (tertiary/aromatic N) is 2. The largest absolute Gasteiger partial charge is 0.417 e. The number of carbonyl (C=O) groups excluding carboxylic acids is 1. The highest BCUT2D eigenvalue weighted by Gasteiger charge is 2.33. The summed E-state index contributed by atoms with van der Waals surface area (Å²) in [4.78, 5) is 12.1. The summed E-state index contributed by atoms with van der Waals surface area (Å²) in [6.07, 6.45) is -4.58. The molecule has 1 amide bonds. The van der Waals surface area contributed by atoms with Gasteiger partial charge in [0.25, 0.3) is 0 Å². The van der Waals surface area contributed by atoms with Gasteiger partial charge in [0, 0.05) is 12.7 Å². The van der Waals surface area contributed by atoms with E-state index in [9.17, 15) is 18.0 Å². The van der Waals surface area contributed by atoms with Crippen molar-refractivity contribution in [1.82, 2.24) is 0 Å². The van der Waals surface area contributed by atoms with Crippen LogP contribution in [0, 0.1) is 11.3 Å². The quantitative estimate of drug-likeness (QED) is 0.892. The van der Waals surface area contributed by atoms with Crippen molar-refractivity contribution >= 4 is 11.6 Å². The summed E-state index contributed by atoms with van der Waals surface area (Å²) in [7, 11) is 1.49. The van der Waals surface area contributed by atoms with E-state index in [1.165, 1.54) is 24.1 Å². The van der Waals surface area contributed by atoms with Crippen LogP contribution >= 0.6 is 0 Å². The molecule has 1 aromatic rings. The van der Waals surface area contributed by atoms with Crippen LogP contribution in [-0.2, 0) is 11.0 Å². The molecule has 0 saturated carbocycles. The predicted octanol–water partition coefficient (Wildman–Crippen LogP) is 1.50. The Morgan fingerprint density at radius 1 is 1.50 bits per heavy atom. The molecule has 1 rings (SSSR count). The number of anilines is 1. The highest BCUT2D eigenvalue weighted by Crippen LogP contribution is 2.33. The Morgan fingerprint density at radius 2 is 2.11 bits per heavy atom. The summed E-state index contributed by atoms with van der Waals surface area (Å²) in [5.74, 6) is -0.615. The van der Waals surface area contributed by atoms with Gasteiger partial charge in [-0.2, -0.15) is 18.4 Å². The summed E-state index contributed by atoms with van der Waals surface area (Å²) < 4.78 is 37.6. The molecule has 2 N–H and O–H groups in total. The van der Waals surface area contributed by atoms with Crippen LogP contribution in [0.15, 0.2) is 18.2 Å². The molecule has 0 atom stereocenters. The third-order valence-electron chi connectivity index (χ3n) is 2.26. The second-order valence-corrected chi connectivity index (χ2v) is 3.66. The van der Waals surface area contributed by atoms with Gasteiger partial charge in [-0.05, 0) is 18.2 Å². The fourth-order valence-corrected chi connectivity index (χ4v) is 1.43. The van der Waals surface area contributed by atoms with Crippen LogP contribution in [0.1, 0.15) is 11.1 Å². The highest BCUT2D eigenvalue weighted by molar-refractivity contribution is 5.79. The van der Waals surface area contributed by atoms with Crippen molar-refractivity contribution in [2.75, 3.05) is 18.5 Å². The van der Waals surface area contributed by atoms with Crippen LogP contribution < -0.4 is 10.6 Å². The Bertz CT molecular complexity index is 505. The van der Waals surface area contributed by atoms with E-state index in [2.05, 4.69) is 0 Å². The zero-order valence-corrected chi connectivity index (χ0v) is 9.45. The third-order valence-corrected chi connectivity index (χ3v) is 2.26. The fourth-order valence-electron chi connectivity index (χ4n) is 1.43. The average Bonchev–Trinajstić information content (AvgIpc) is 2.26. The molecular weight excluding hydrogens is 247 g/mol. The van der Waals surface area contributed by atoms with Crippen LogP contribution in [0.4, 0.5) is 18.9 Å². The van der Waals surface area contributed by atoms with Crippen LogP contribution in [0.3, 0.4) is 0 Å². The smallest absolute Gasteiger partial charge is 0.368 e. The van der Waals surface area contributed by atoms with E-state index in [1.807, 2.05) is 0 Å². The molecule has 0 fully saturated rings. The van der Waals surface area contributed by atoms with Crippen molar-refractivity contribution in [3.05, 3.63) is 29.3 Å². The number of rotatable bonds is 3. The lowest BCUT2D eigenvalue weighted by Crippen LogP contribution is -2.30. The normalized spacial score (nSPS) is 10.8. The minimum absolute atomic E-state index is 0.143. The molecule has 0 bridgehead atoms. The first-order chi connectivity index (χ1) is 8.25. The SMILES string of the molecule is CN(CC(N)=O)c1ccc(C(F)(F)F)c(C#N)c1. The molecule has 0 unspecified atom stereocenters. The molecule has 4 nitrogen and oxygen atoms in total. The van der Waals surface area contributed by atoms with Crippen molar-refractivity contribution in [3.8, 4) is 6.07 Å². The molecule has 0 aromatic heterocycles. The Morgan fingerprint density at radius 3 is 2.56 bits per heavy atom. The number of carbonyl (C=O) groups is 1. The lowest BCUT2D eigenvalue weighted by Gasteiger charge is -2.18. The molecule has 0 aliphatic carbocycles. The molecule has 0 aliphatic rings. The number of halogens is 3. The topological polar surface area (TPSA) is 70.1 Å². The molecule has 1 aromatic carbocycles. The number of benzene rings is 1. The lowest BCUT2D eigenvalue weighted by molar-refractivity contribution is -0.137. The minimum Gasteiger partial charge on any atom is -0.368 e. The van der Waals surface area contributed by atoms with Gasteiger partial charge < -0.3 is 10.6 Å². The molecule has 0 heterocycles. The summed E-state index contributed by atoms with van der Waals surface area (Å²) in [5, 5.41) is 8.71. The zero-order chi connectivity index (χ0) is 13.9. The summed E-state index contributed by atoms with van der Waals surface area (Å²) in [6.45, 7) is -0.143. The Labute approximate surface area is 101 Å². The first kappa shape index (κ1) is 13.8. The first-order valence-corrected chi connectivity index (χ1v) is 4.86. The highest BCUT2D eigenvalue weighted by atomic mass is 19.4. The van der Waals surface area contributed by atoms with E-state index in [-0.39, 0.29) is 6.54 Å². The van der Waals surface area contributed by atoms with Crippen molar-refractivity contribution in [2.24, 2.45) is 5.73 Å². The Hall–Kier alpha value is -2.23.